The van der Waals surface area contributed by atoms with Crippen molar-refractivity contribution < 1.29 is 9.84 Å². The van der Waals surface area contributed by atoms with Gasteiger partial charge in [-0.2, -0.15) is 0 Å². The van der Waals surface area contributed by atoms with Gasteiger partial charge in [-0.25, -0.2) is 0 Å². The largest absolute Gasteiger partial charge is 0.491 e. The predicted octanol–water partition coefficient (Wildman–Crippen LogP) is 2.25. The molecule has 3 nitrogen and oxygen atoms in total. The molecule has 102 valence electrons. The van der Waals surface area contributed by atoms with Crippen LogP contribution in [0.15, 0.2) is 24.3 Å². The lowest BCUT2D eigenvalue weighted by Crippen LogP contribution is -2.33. The van der Waals surface area contributed by atoms with E-state index in [1.165, 1.54) is 12.8 Å². The number of aliphatic hydroxyl groups excluding tert-OH is 1. The zero-order valence-corrected chi connectivity index (χ0v) is 11.7. The van der Waals surface area contributed by atoms with Crippen LogP contribution >= 0.6 is 12.4 Å². The summed E-state index contributed by atoms with van der Waals surface area (Å²) >= 11 is 0. The Bertz CT molecular complexity index is 353. The van der Waals surface area contributed by atoms with Gasteiger partial charge in [-0.1, -0.05) is 18.2 Å². The average Bonchev–Trinajstić information content (AvgIpc) is 2.81. The third-order valence-electron chi connectivity index (χ3n) is 3.19. The van der Waals surface area contributed by atoms with E-state index in [9.17, 15) is 5.11 Å². The van der Waals surface area contributed by atoms with Crippen molar-refractivity contribution in [3.8, 4) is 5.75 Å². The second-order valence-corrected chi connectivity index (χ2v) is 4.74. The smallest absolute Gasteiger partial charge is 0.122 e. The standard InChI is InChI=1S/C14H21NO2.ClH/c1-12-6-2-3-7-14(12)17-11-13(16)10-15-8-4-5-9-15;/h2-3,6-7,13,16H,4-5,8-11H2,1H3;1H. The fourth-order valence-electron chi connectivity index (χ4n) is 2.22. The highest BCUT2D eigenvalue weighted by Crippen LogP contribution is 2.16. The number of halogens is 1. The molecule has 1 aliphatic rings. The van der Waals surface area contributed by atoms with Gasteiger partial charge in [-0.3, -0.25) is 0 Å². The molecule has 0 radical (unpaired) electrons. The zero-order valence-electron chi connectivity index (χ0n) is 10.8. The Balaban J connectivity index is 0.00000162. The van der Waals surface area contributed by atoms with E-state index >= 15 is 0 Å². The van der Waals surface area contributed by atoms with Crippen LogP contribution in [-0.4, -0.2) is 42.4 Å². The lowest BCUT2D eigenvalue weighted by Gasteiger charge is -2.19. The maximum absolute atomic E-state index is 9.90. The van der Waals surface area contributed by atoms with E-state index in [2.05, 4.69) is 4.90 Å². The second kappa shape index (κ2) is 7.62. The summed E-state index contributed by atoms with van der Waals surface area (Å²) in [4.78, 5) is 2.30. The third kappa shape index (κ3) is 4.48. The highest BCUT2D eigenvalue weighted by Gasteiger charge is 2.16. The Morgan fingerprint density at radius 2 is 1.94 bits per heavy atom. The van der Waals surface area contributed by atoms with Crippen molar-refractivity contribution in [2.75, 3.05) is 26.2 Å². The molecule has 0 spiro atoms. The molecular weight excluding hydrogens is 250 g/mol. The molecule has 0 aromatic heterocycles. The summed E-state index contributed by atoms with van der Waals surface area (Å²) in [7, 11) is 0. The molecule has 18 heavy (non-hydrogen) atoms. The van der Waals surface area contributed by atoms with Gasteiger partial charge >= 0.3 is 0 Å². The van der Waals surface area contributed by atoms with Crippen LogP contribution in [0.4, 0.5) is 0 Å². The summed E-state index contributed by atoms with van der Waals surface area (Å²) in [6.07, 6.45) is 2.12. The molecule has 1 aromatic rings. The van der Waals surface area contributed by atoms with Crippen LogP contribution in [0, 0.1) is 6.92 Å². The number of likely N-dealkylation sites (tertiary alicyclic amines) is 1. The maximum Gasteiger partial charge on any atom is 0.122 e. The first kappa shape index (κ1) is 15.3. The molecule has 1 atom stereocenters. The van der Waals surface area contributed by atoms with Crippen LogP contribution in [0.3, 0.4) is 0 Å². The van der Waals surface area contributed by atoms with E-state index in [0.717, 1.165) is 30.9 Å². The van der Waals surface area contributed by atoms with E-state index in [0.29, 0.717) is 6.61 Å². The topological polar surface area (TPSA) is 32.7 Å². The van der Waals surface area contributed by atoms with Crippen LogP contribution in [0.2, 0.25) is 0 Å². The molecule has 0 bridgehead atoms. The highest BCUT2D eigenvalue weighted by molar-refractivity contribution is 5.85. The second-order valence-electron chi connectivity index (χ2n) is 4.74. The van der Waals surface area contributed by atoms with Crippen molar-refractivity contribution in [3.63, 3.8) is 0 Å². The Labute approximate surface area is 115 Å². The van der Waals surface area contributed by atoms with Crippen LogP contribution < -0.4 is 4.74 Å². The number of nitrogens with zero attached hydrogens (tertiary/aromatic N) is 1. The summed E-state index contributed by atoms with van der Waals surface area (Å²) in [6.45, 7) is 5.35. The van der Waals surface area contributed by atoms with Gasteiger partial charge < -0.3 is 14.7 Å². The Morgan fingerprint density at radius 3 is 2.61 bits per heavy atom. The number of β-amino-alcohol motifs (C(OH)–C–C–N with tert-alkyl or cyclic N) is 1. The molecule has 1 fully saturated rings. The van der Waals surface area contributed by atoms with E-state index in [4.69, 9.17) is 4.74 Å². The molecule has 2 rings (SSSR count). The normalized spacial score (nSPS) is 17.2. The first-order valence-electron chi connectivity index (χ1n) is 6.34. The number of benzene rings is 1. The van der Waals surface area contributed by atoms with Gasteiger partial charge in [0.05, 0.1) is 0 Å². The van der Waals surface area contributed by atoms with Gasteiger partial charge in [-0.15, -0.1) is 12.4 Å². The van der Waals surface area contributed by atoms with Crippen LogP contribution in [0.25, 0.3) is 0 Å². The Kier molecular flexibility index (Phi) is 6.47. The minimum Gasteiger partial charge on any atom is -0.491 e. The molecule has 1 unspecified atom stereocenters. The van der Waals surface area contributed by atoms with E-state index < -0.39 is 6.10 Å². The van der Waals surface area contributed by atoms with E-state index in [-0.39, 0.29) is 12.4 Å². The number of aliphatic hydroxyl groups is 1. The molecule has 4 heteroatoms. The van der Waals surface area contributed by atoms with Crippen LogP contribution in [-0.2, 0) is 0 Å². The minimum absolute atomic E-state index is 0. The van der Waals surface area contributed by atoms with Crippen LogP contribution in [0.5, 0.6) is 5.75 Å². The fraction of sp³-hybridized carbons (Fsp3) is 0.571. The zero-order chi connectivity index (χ0) is 12.1. The number of ether oxygens (including phenoxy) is 1. The van der Waals surface area contributed by atoms with Gasteiger partial charge in [0.2, 0.25) is 0 Å². The van der Waals surface area contributed by atoms with Gasteiger partial charge in [0.15, 0.2) is 0 Å². The predicted molar refractivity (Wildman–Crippen MR) is 75.6 cm³/mol. The van der Waals surface area contributed by atoms with Gasteiger partial charge in [-0.05, 0) is 44.5 Å². The van der Waals surface area contributed by atoms with Gasteiger partial charge in [0, 0.05) is 6.54 Å². The van der Waals surface area contributed by atoms with Gasteiger partial charge in [0.25, 0.3) is 0 Å². The summed E-state index contributed by atoms with van der Waals surface area (Å²) in [5, 5.41) is 9.90. The monoisotopic (exact) mass is 271 g/mol. The molecule has 1 aromatic carbocycles. The molecule has 0 saturated carbocycles. The molecule has 1 N–H and O–H groups in total. The summed E-state index contributed by atoms with van der Waals surface area (Å²) in [6, 6.07) is 7.90. The number of rotatable bonds is 5. The molecule has 0 aliphatic carbocycles. The molecular formula is C14H22ClNO2. The Morgan fingerprint density at radius 1 is 1.28 bits per heavy atom. The molecule has 1 heterocycles. The van der Waals surface area contributed by atoms with Crippen molar-refractivity contribution in [2.24, 2.45) is 0 Å². The number of hydrogen-bond acceptors (Lipinski definition) is 3. The molecule has 0 amide bonds. The minimum atomic E-state index is -0.396. The SMILES string of the molecule is Cc1ccccc1OCC(O)CN1CCCC1.Cl. The van der Waals surface area contributed by atoms with Gasteiger partial charge in [0.1, 0.15) is 18.5 Å². The highest BCUT2D eigenvalue weighted by atomic mass is 35.5. The maximum atomic E-state index is 9.90. The number of hydrogen-bond donors (Lipinski definition) is 1. The van der Waals surface area contributed by atoms with Crippen LogP contribution in [0.1, 0.15) is 18.4 Å². The first-order chi connectivity index (χ1) is 8.25. The number of aryl methyl sites for hydroxylation is 1. The molecule has 1 saturated heterocycles. The van der Waals surface area contributed by atoms with Crippen molar-refractivity contribution >= 4 is 12.4 Å². The summed E-state index contributed by atoms with van der Waals surface area (Å²) in [5.41, 5.74) is 1.11. The Hall–Kier alpha value is -0.770. The summed E-state index contributed by atoms with van der Waals surface area (Å²) < 4.78 is 5.63. The van der Waals surface area contributed by atoms with Crippen molar-refractivity contribution in [3.05, 3.63) is 29.8 Å². The lowest BCUT2D eigenvalue weighted by atomic mass is 10.2. The number of para-hydroxylation sites is 1. The van der Waals surface area contributed by atoms with E-state index in [1.54, 1.807) is 0 Å². The summed E-state index contributed by atoms with van der Waals surface area (Å²) in [5.74, 6) is 0.868. The molecule has 1 aliphatic heterocycles. The van der Waals surface area contributed by atoms with Crippen molar-refractivity contribution in [1.29, 1.82) is 0 Å². The first-order valence-corrected chi connectivity index (χ1v) is 6.34. The third-order valence-corrected chi connectivity index (χ3v) is 3.19. The average molecular weight is 272 g/mol. The van der Waals surface area contributed by atoms with E-state index in [1.807, 2.05) is 31.2 Å². The van der Waals surface area contributed by atoms with Crippen molar-refractivity contribution in [1.82, 2.24) is 4.90 Å². The quantitative estimate of drug-likeness (QED) is 0.892. The van der Waals surface area contributed by atoms with Crippen molar-refractivity contribution in [2.45, 2.75) is 25.9 Å². The lowest BCUT2D eigenvalue weighted by molar-refractivity contribution is 0.0756. The fourth-order valence-corrected chi connectivity index (χ4v) is 2.22.